The first-order valence-electron chi connectivity index (χ1n) is 15.5. The van der Waals surface area contributed by atoms with Crippen LogP contribution in [0, 0.1) is 35.5 Å². The SMILES string of the molecule is CO/C1=C/C(C)=C/[C@@H](C)[C@H](O)[C@@H](C)C/C(CO)=C/C=C/[C@H](OC)[C@@H]([C@@H](C)[C@@H](O)[C@H](C)C(=O)/C=C/[C@H](C)[C@H](O)C(C)C)OC1=O. The van der Waals surface area contributed by atoms with Crippen molar-refractivity contribution in [1.82, 2.24) is 0 Å². The lowest BCUT2D eigenvalue weighted by Crippen LogP contribution is -2.45. The lowest BCUT2D eigenvalue weighted by molar-refractivity contribution is -0.162. The number of allylic oxidation sites excluding steroid dienone is 5. The van der Waals surface area contributed by atoms with Crippen LogP contribution in [0.4, 0.5) is 0 Å². The van der Waals surface area contributed by atoms with Crippen molar-refractivity contribution in [3.05, 3.63) is 59.4 Å². The molecule has 0 radical (unpaired) electrons. The Morgan fingerprint density at radius 3 is 2.30 bits per heavy atom. The van der Waals surface area contributed by atoms with Crippen molar-refractivity contribution in [2.24, 2.45) is 35.5 Å². The maximum atomic E-state index is 13.4. The number of esters is 1. The average Bonchev–Trinajstić information content (AvgIpc) is 2.99. The molecule has 10 atom stereocenters. The number of cyclic esters (lactones) is 1. The number of rotatable bonds is 11. The van der Waals surface area contributed by atoms with Gasteiger partial charge in [-0.3, -0.25) is 4.79 Å². The third kappa shape index (κ3) is 11.7. The van der Waals surface area contributed by atoms with Crippen LogP contribution >= 0.6 is 0 Å². The van der Waals surface area contributed by atoms with E-state index in [0.29, 0.717) is 17.6 Å². The quantitative estimate of drug-likeness (QED) is 0.196. The number of aliphatic hydroxyl groups excluding tert-OH is 4. The third-order valence-corrected chi connectivity index (χ3v) is 8.49. The minimum Gasteiger partial charge on any atom is -0.490 e. The molecule has 0 bridgehead atoms. The average molecular weight is 621 g/mol. The van der Waals surface area contributed by atoms with Crippen molar-refractivity contribution in [3.63, 3.8) is 0 Å². The van der Waals surface area contributed by atoms with Gasteiger partial charge in [-0.15, -0.1) is 0 Å². The molecule has 0 aromatic carbocycles. The van der Waals surface area contributed by atoms with E-state index in [1.165, 1.54) is 26.4 Å². The van der Waals surface area contributed by atoms with Gasteiger partial charge in [0.1, 0.15) is 12.2 Å². The molecule has 0 fully saturated rings. The minimum absolute atomic E-state index is 0.0251. The Morgan fingerprint density at radius 1 is 1.11 bits per heavy atom. The first-order valence-corrected chi connectivity index (χ1v) is 15.5. The largest absolute Gasteiger partial charge is 0.490 e. The first-order chi connectivity index (χ1) is 20.6. The molecule has 9 nitrogen and oxygen atoms in total. The van der Waals surface area contributed by atoms with E-state index in [4.69, 9.17) is 14.2 Å². The summed E-state index contributed by atoms with van der Waals surface area (Å²) in [5.41, 5.74) is 1.38. The third-order valence-electron chi connectivity index (χ3n) is 8.49. The molecule has 0 spiro atoms. The lowest BCUT2D eigenvalue weighted by Gasteiger charge is -2.33. The summed E-state index contributed by atoms with van der Waals surface area (Å²) in [6, 6.07) is 0. The highest BCUT2D eigenvalue weighted by molar-refractivity contribution is 5.92. The molecule has 0 saturated carbocycles. The normalized spacial score (nSPS) is 32.2. The summed E-state index contributed by atoms with van der Waals surface area (Å²) in [6.07, 6.45) is 7.57. The second-order valence-corrected chi connectivity index (χ2v) is 12.6. The maximum absolute atomic E-state index is 13.4. The Labute approximate surface area is 264 Å². The molecule has 0 saturated heterocycles. The van der Waals surface area contributed by atoms with Crippen LogP contribution in [-0.2, 0) is 23.8 Å². The highest BCUT2D eigenvalue weighted by Crippen LogP contribution is 2.27. The van der Waals surface area contributed by atoms with Crippen molar-refractivity contribution < 1.29 is 44.2 Å². The number of carbonyl (C=O) groups excluding carboxylic acids is 2. The van der Waals surface area contributed by atoms with Gasteiger partial charge in [-0.1, -0.05) is 84.4 Å². The highest BCUT2D eigenvalue weighted by Gasteiger charge is 2.38. The molecule has 0 aromatic rings. The van der Waals surface area contributed by atoms with Gasteiger partial charge in [0.15, 0.2) is 5.78 Å². The standard InChI is InChI=1S/C35H56O9/c1-20(2)31(38)22(4)14-15-28(37)25(7)33(40)26(8)34-29(42-9)13-11-12-27(19-36)18-24(6)32(39)23(5)16-21(3)17-30(43-10)35(41)44-34/h11-17,20,22-26,29,31-34,36,38-40H,18-19H2,1-10H3/b13-11+,15-14+,21-16+,27-12-,30-17+/t22-,23+,24-,25+,26-,29-,31+,32-,33-,34+/m0/s1. The summed E-state index contributed by atoms with van der Waals surface area (Å²) < 4.78 is 17.0. The van der Waals surface area contributed by atoms with Crippen molar-refractivity contribution in [2.75, 3.05) is 20.8 Å². The van der Waals surface area contributed by atoms with Crippen LogP contribution in [0.1, 0.15) is 61.8 Å². The first kappa shape index (κ1) is 39.5. The van der Waals surface area contributed by atoms with E-state index in [1.54, 1.807) is 45.1 Å². The van der Waals surface area contributed by atoms with Crippen molar-refractivity contribution in [2.45, 2.75) is 92.3 Å². The summed E-state index contributed by atoms with van der Waals surface area (Å²) in [5.74, 6) is -3.41. The predicted molar refractivity (Wildman–Crippen MR) is 171 cm³/mol. The van der Waals surface area contributed by atoms with E-state index < -0.39 is 48.3 Å². The molecular weight excluding hydrogens is 564 g/mol. The monoisotopic (exact) mass is 620 g/mol. The van der Waals surface area contributed by atoms with Gasteiger partial charge in [0.2, 0.25) is 5.76 Å². The smallest absolute Gasteiger partial charge is 0.373 e. The number of ether oxygens (including phenoxy) is 3. The maximum Gasteiger partial charge on any atom is 0.373 e. The van der Waals surface area contributed by atoms with Crippen LogP contribution in [0.25, 0.3) is 0 Å². The van der Waals surface area contributed by atoms with Gasteiger partial charge in [-0.05, 0) is 42.9 Å². The fraction of sp³-hybridized carbons (Fsp3) is 0.657. The number of hydrogen-bond donors (Lipinski definition) is 4. The van der Waals surface area contributed by atoms with Crippen molar-refractivity contribution in [3.8, 4) is 0 Å². The predicted octanol–water partition coefficient (Wildman–Crippen LogP) is 4.31. The Bertz CT molecular complexity index is 1070. The van der Waals surface area contributed by atoms with Crippen LogP contribution in [0.3, 0.4) is 0 Å². The summed E-state index contributed by atoms with van der Waals surface area (Å²) in [7, 11) is 2.80. The Morgan fingerprint density at radius 2 is 1.75 bits per heavy atom. The molecule has 1 aliphatic rings. The summed E-state index contributed by atoms with van der Waals surface area (Å²) >= 11 is 0. The lowest BCUT2D eigenvalue weighted by atomic mass is 9.84. The van der Waals surface area contributed by atoms with E-state index in [1.807, 2.05) is 40.7 Å². The molecule has 0 amide bonds. The molecule has 250 valence electrons. The second-order valence-electron chi connectivity index (χ2n) is 12.6. The Kier molecular flexibility index (Phi) is 17.1. The molecule has 4 N–H and O–H groups in total. The van der Waals surface area contributed by atoms with E-state index in [-0.39, 0.29) is 41.8 Å². The summed E-state index contributed by atoms with van der Waals surface area (Å²) in [6.45, 7) is 14.3. The topological polar surface area (TPSA) is 143 Å². The molecule has 44 heavy (non-hydrogen) atoms. The fourth-order valence-corrected chi connectivity index (χ4v) is 5.42. The van der Waals surface area contributed by atoms with Crippen LogP contribution in [-0.4, -0.2) is 83.5 Å². The minimum atomic E-state index is -1.21. The number of carbonyl (C=O) groups is 2. The van der Waals surface area contributed by atoms with E-state index >= 15 is 0 Å². The van der Waals surface area contributed by atoms with E-state index in [9.17, 15) is 30.0 Å². The number of hydrogen-bond acceptors (Lipinski definition) is 9. The Hall–Kier alpha value is -2.56. The number of aliphatic hydroxyl groups is 4. The number of methoxy groups -OCH3 is 2. The molecule has 0 aliphatic carbocycles. The zero-order valence-corrected chi connectivity index (χ0v) is 28.1. The van der Waals surface area contributed by atoms with E-state index in [2.05, 4.69) is 0 Å². The van der Waals surface area contributed by atoms with Crippen LogP contribution < -0.4 is 0 Å². The van der Waals surface area contributed by atoms with Gasteiger partial charge in [0.25, 0.3) is 0 Å². The summed E-state index contributed by atoms with van der Waals surface area (Å²) in [5, 5.41) is 42.5. The fourth-order valence-electron chi connectivity index (χ4n) is 5.42. The van der Waals surface area contributed by atoms with Gasteiger partial charge in [-0.2, -0.15) is 0 Å². The van der Waals surface area contributed by atoms with Crippen molar-refractivity contribution in [1.29, 1.82) is 0 Å². The Balaban J connectivity index is 3.51. The zero-order chi connectivity index (χ0) is 33.7. The van der Waals surface area contributed by atoms with Gasteiger partial charge in [0, 0.05) is 30.8 Å². The van der Waals surface area contributed by atoms with Crippen LogP contribution in [0.15, 0.2) is 59.4 Å². The second kappa shape index (κ2) is 19.1. The van der Waals surface area contributed by atoms with Gasteiger partial charge in [-0.25, -0.2) is 4.79 Å². The van der Waals surface area contributed by atoms with Gasteiger partial charge >= 0.3 is 5.97 Å². The van der Waals surface area contributed by atoms with Crippen LogP contribution in [0.5, 0.6) is 0 Å². The molecule has 1 heterocycles. The van der Waals surface area contributed by atoms with Crippen molar-refractivity contribution >= 4 is 11.8 Å². The highest BCUT2D eigenvalue weighted by atomic mass is 16.6. The molecular formula is C35H56O9. The number of ketones is 1. The van der Waals surface area contributed by atoms with E-state index in [0.717, 1.165) is 0 Å². The molecule has 9 heteroatoms. The molecule has 0 unspecified atom stereocenters. The van der Waals surface area contributed by atoms with Gasteiger partial charge < -0.3 is 34.6 Å². The zero-order valence-electron chi connectivity index (χ0n) is 28.1. The molecule has 0 aromatic heterocycles. The molecule has 1 rings (SSSR count). The van der Waals surface area contributed by atoms with Gasteiger partial charge in [0.05, 0.1) is 32.0 Å². The molecule has 1 aliphatic heterocycles. The summed E-state index contributed by atoms with van der Waals surface area (Å²) in [4.78, 5) is 26.4. The van der Waals surface area contributed by atoms with Crippen LogP contribution in [0.2, 0.25) is 0 Å².